The predicted molar refractivity (Wildman–Crippen MR) is 64.8 cm³/mol. The average molecular weight is 316 g/mol. The van der Waals surface area contributed by atoms with Crippen LogP contribution in [0.3, 0.4) is 0 Å². The number of nitrogens with two attached hydrogens (primary N) is 1. The molecule has 0 spiro atoms. The van der Waals surface area contributed by atoms with Crippen molar-refractivity contribution in [3.05, 3.63) is 28.8 Å². The van der Waals surface area contributed by atoms with E-state index in [-0.39, 0.29) is 22.0 Å². The maximum atomic E-state index is 11.8. The minimum atomic E-state index is -4.20. The molecular formula is C8H11ClNO6PS. The van der Waals surface area contributed by atoms with Gasteiger partial charge in [-0.3, -0.25) is 9.09 Å². The second-order valence-corrected chi connectivity index (χ2v) is 5.81. The summed E-state index contributed by atoms with van der Waals surface area (Å²) in [6.45, 7) is -0.915. The first-order valence-corrected chi connectivity index (χ1v) is 7.66. The van der Waals surface area contributed by atoms with Crippen molar-refractivity contribution >= 4 is 30.0 Å². The van der Waals surface area contributed by atoms with E-state index < -0.39 is 25.2 Å². The fourth-order valence-corrected chi connectivity index (χ4v) is 2.99. The van der Waals surface area contributed by atoms with Crippen LogP contribution in [-0.4, -0.2) is 20.1 Å². The molecule has 1 rings (SSSR count). The van der Waals surface area contributed by atoms with Gasteiger partial charge >= 0.3 is 18.4 Å². The fourth-order valence-electron chi connectivity index (χ4n) is 1.19. The molecule has 1 atom stereocenters. The van der Waals surface area contributed by atoms with Gasteiger partial charge in [-0.1, -0.05) is 23.7 Å². The summed E-state index contributed by atoms with van der Waals surface area (Å²) in [5.41, 5.74) is 5.68. The molecule has 10 heteroatoms. The van der Waals surface area contributed by atoms with E-state index in [4.69, 9.17) is 22.2 Å². The topological polar surface area (TPSA) is 116 Å². The molecule has 0 aliphatic heterocycles. The summed E-state index contributed by atoms with van der Waals surface area (Å²) in [6.07, 6.45) is 0. The average Bonchev–Trinajstić information content (AvgIpc) is 2.27. The minimum absolute atomic E-state index is 0.0457. The molecule has 102 valence electrons. The van der Waals surface area contributed by atoms with Crippen LogP contribution in [0.25, 0.3) is 0 Å². The normalized spacial score (nSPS) is 13.5. The van der Waals surface area contributed by atoms with Crippen LogP contribution < -0.4 is 5.73 Å². The molecule has 0 heterocycles. The molecule has 3 N–H and O–H groups in total. The third-order valence-corrected chi connectivity index (χ3v) is 4.08. The van der Waals surface area contributed by atoms with Crippen LogP contribution in [0.1, 0.15) is 5.56 Å². The highest BCUT2D eigenvalue weighted by atomic mass is 35.5. The Kier molecular flexibility index (Phi) is 5.74. The van der Waals surface area contributed by atoms with Crippen molar-refractivity contribution in [3.63, 3.8) is 0 Å². The summed E-state index contributed by atoms with van der Waals surface area (Å²) in [4.78, 5) is 8.11. The van der Waals surface area contributed by atoms with Crippen molar-refractivity contribution in [2.24, 2.45) is 5.73 Å². The smallest absolute Gasteiger partial charge is 0.318 e. The first kappa shape index (κ1) is 15.6. The van der Waals surface area contributed by atoms with E-state index in [2.05, 4.69) is 8.71 Å². The summed E-state index contributed by atoms with van der Waals surface area (Å²) in [5.74, 6) is 0. The van der Waals surface area contributed by atoms with Crippen molar-refractivity contribution in [3.8, 4) is 0 Å². The van der Waals surface area contributed by atoms with Gasteiger partial charge in [-0.15, -0.1) is 0 Å². The lowest BCUT2D eigenvalue weighted by Crippen LogP contribution is -2.13. The lowest BCUT2D eigenvalue weighted by atomic mass is 10.2. The van der Waals surface area contributed by atoms with Gasteiger partial charge in [-0.25, -0.2) is 4.18 Å². The zero-order valence-electron chi connectivity index (χ0n) is 9.00. The largest absolute Gasteiger partial charge is 0.326 e. The summed E-state index contributed by atoms with van der Waals surface area (Å²) in [5, 5.41) is -0.0467. The van der Waals surface area contributed by atoms with Crippen molar-refractivity contribution < 1.29 is 26.6 Å². The Labute approximate surface area is 110 Å². The van der Waals surface area contributed by atoms with E-state index in [0.717, 1.165) is 0 Å². The van der Waals surface area contributed by atoms with Crippen LogP contribution in [-0.2, 0) is 29.9 Å². The Bertz CT molecular complexity index is 549. The third-order valence-electron chi connectivity index (χ3n) is 1.90. The number of hydrogen-bond donors (Lipinski definition) is 2. The molecule has 1 aromatic rings. The maximum Gasteiger partial charge on any atom is 0.318 e. The molecule has 0 amide bonds. The van der Waals surface area contributed by atoms with Crippen molar-refractivity contribution in [1.29, 1.82) is 0 Å². The summed E-state index contributed by atoms with van der Waals surface area (Å²) >= 11 is 5.77. The number of hydrogen-bond acceptors (Lipinski definition) is 6. The zero-order valence-corrected chi connectivity index (χ0v) is 11.6. The molecule has 1 aromatic carbocycles. The molecule has 0 bridgehead atoms. The van der Waals surface area contributed by atoms with Crippen LogP contribution in [0.5, 0.6) is 0 Å². The molecule has 0 radical (unpaired) electrons. The number of rotatable bonds is 6. The number of benzene rings is 1. The number of halogens is 1. The first-order valence-electron chi connectivity index (χ1n) is 4.61. The molecule has 0 aromatic heterocycles. The monoisotopic (exact) mass is 315 g/mol. The Morgan fingerprint density at radius 1 is 1.44 bits per heavy atom. The summed E-state index contributed by atoms with van der Waals surface area (Å²) < 4.78 is 42.4. The van der Waals surface area contributed by atoms with E-state index in [0.29, 0.717) is 0 Å². The van der Waals surface area contributed by atoms with Crippen LogP contribution in [0, 0.1) is 0 Å². The SMILES string of the molecule is NCc1cccc(Cl)c1S(=O)(=O)OCO[PH](=O)O. The lowest BCUT2D eigenvalue weighted by molar-refractivity contribution is 0.121. The molecule has 0 saturated heterocycles. The predicted octanol–water partition coefficient (Wildman–Crippen LogP) is 0.860. The van der Waals surface area contributed by atoms with E-state index in [9.17, 15) is 13.0 Å². The Balaban J connectivity index is 3.01. The van der Waals surface area contributed by atoms with Crippen molar-refractivity contribution in [2.45, 2.75) is 11.4 Å². The highest BCUT2D eigenvalue weighted by Gasteiger charge is 2.22. The second-order valence-electron chi connectivity index (χ2n) is 3.03. The van der Waals surface area contributed by atoms with E-state index in [1.807, 2.05) is 0 Å². The van der Waals surface area contributed by atoms with Crippen LogP contribution in [0.2, 0.25) is 5.02 Å². The Morgan fingerprint density at radius 3 is 2.67 bits per heavy atom. The maximum absolute atomic E-state index is 11.8. The first-order chi connectivity index (χ1) is 8.38. The highest BCUT2D eigenvalue weighted by Crippen LogP contribution is 2.27. The quantitative estimate of drug-likeness (QED) is 0.454. The van der Waals surface area contributed by atoms with Gasteiger partial charge in [0.1, 0.15) is 4.90 Å². The molecule has 7 nitrogen and oxygen atoms in total. The zero-order chi connectivity index (χ0) is 13.8. The van der Waals surface area contributed by atoms with Crippen LogP contribution in [0.4, 0.5) is 0 Å². The Hall–Kier alpha value is -0.470. The fraction of sp³-hybridized carbons (Fsp3) is 0.250. The van der Waals surface area contributed by atoms with Gasteiger partial charge in [-0.2, -0.15) is 8.42 Å². The second kappa shape index (κ2) is 6.63. The minimum Gasteiger partial charge on any atom is -0.326 e. The van der Waals surface area contributed by atoms with Gasteiger partial charge in [0, 0.05) is 6.54 Å². The van der Waals surface area contributed by atoms with E-state index in [1.165, 1.54) is 12.1 Å². The summed E-state index contributed by atoms with van der Waals surface area (Å²) in [6, 6.07) is 4.40. The standard InChI is InChI=1S/C8H11ClNO6PS/c9-7-3-1-2-6(4-10)8(7)18(13,14)16-5-15-17(11)12/h1-3,17H,4-5,10H2,(H,11,12). The Morgan fingerprint density at radius 2 is 2.11 bits per heavy atom. The highest BCUT2D eigenvalue weighted by molar-refractivity contribution is 7.87. The van der Waals surface area contributed by atoms with Crippen molar-refractivity contribution in [2.75, 3.05) is 6.79 Å². The van der Waals surface area contributed by atoms with Gasteiger partial charge in [-0.05, 0) is 11.6 Å². The summed E-state index contributed by atoms with van der Waals surface area (Å²) in [7, 11) is -7.46. The van der Waals surface area contributed by atoms with Gasteiger partial charge in [0.25, 0.3) is 0 Å². The molecular weight excluding hydrogens is 305 g/mol. The van der Waals surface area contributed by atoms with Gasteiger partial charge in [0.2, 0.25) is 0 Å². The van der Waals surface area contributed by atoms with Gasteiger partial charge < -0.3 is 10.6 Å². The third kappa shape index (κ3) is 4.03. The van der Waals surface area contributed by atoms with Crippen molar-refractivity contribution in [1.82, 2.24) is 0 Å². The molecule has 1 unspecified atom stereocenters. The lowest BCUT2D eigenvalue weighted by Gasteiger charge is -2.10. The molecule has 0 aliphatic carbocycles. The molecule has 18 heavy (non-hydrogen) atoms. The van der Waals surface area contributed by atoms with E-state index in [1.54, 1.807) is 6.07 Å². The van der Waals surface area contributed by atoms with Gasteiger partial charge in [0.05, 0.1) is 5.02 Å². The molecule has 0 fully saturated rings. The van der Waals surface area contributed by atoms with Crippen LogP contribution >= 0.6 is 19.9 Å². The molecule has 0 aliphatic rings. The van der Waals surface area contributed by atoms with Gasteiger partial charge in [0.15, 0.2) is 6.79 Å². The van der Waals surface area contributed by atoms with Crippen LogP contribution in [0.15, 0.2) is 23.1 Å². The van der Waals surface area contributed by atoms with E-state index >= 15 is 0 Å². The molecule has 0 saturated carbocycles.